The van der Waals surface area contributed by atoms with Crippen molar-refractivity contribution in [1.29, 1.82) is 0 Å². The van der Waals surface area contributed by atoms with Crippen LogP contribution >= 0.6 is 0 Å². The molecular formula is C9H19N. The molecule has 0 aliphatic heterocycles. The fourth-order valence-electron chi connectivity index (χ4n) is 0.748. The Morgan fingerprint density at radius 3 is 2.50 bits per heavy atom. The lowest BCUT2D eigenvalue weighted by atomic mass is 10.0. The standard InChI is InChI=1S/C9H19N/c1-4-6-7-9(10)8(3)5-2/h7-8H,4-6,10H2,1-3H3/b9-7-. The summed E-state index contributed by atoms with van der Waals surface area (Å²) in [6.45, 7) is 6.50. The van der Waals surface area contributed by atoms with Gasteiger partial charge in [0.15, 0.2) is 0 Å². The zero-order valence-electron chi connectivity index (χ0n) is 7.35. The molecule has 0 fully saturated rings. The summed E-state index contributed by atoms with van der Waals surface area (Å²) in [5.74, 6) is 0.562. The van der Waals surface area contributed by atoms with Crippen molar-refractivity contribution in [3.63, 3.8) is 0 Å². The highest BCUT2D eigenvalue weighted by Crippen LogP contribution is 2.09. The maximum Gasteiger partial charge on any atom is 0.00686 e. The fraction of sp³-hybridized carbons (Fsp3) is 0.778. The summed E-state index contributed by atoms with van der Waals surface area (Å²) in [6.07, 6.45) is 5.60. The summed E-state index contributed by atoms with van der Waals surface area (Å²) in [7, 11) is 0. The molecule has 1 unspecified atom stereocenters. The third kappa shape index (κ3) is 3.54. The van der Waals surface area contributed by atoms with Gasteiger partial charge in [0.05, 0.1) is 0 Å². The first-order valence-corrected chi connectivity index (χ1v) is 4.17. The Bertz CT molecular complexity index is 105. The molecule has 0 aliphatic carbocycles. The lowest BCUT2D eigenvalue weighted by Crippen LogP contribution is -2.07. The second-order valence-electron chi connectivity index (χ2n) is 2.80. The van der Waals surface area contributed by atoms with Gasteiger partial charge in [-0.2, -0.15) is 0 Å². The smallest absolute Gasteiger partial charge is 0.00686 e. The topological polar surface area (TPSA) is 26.0 Å². The molecule has 0 amide bonds. The Morgan fingerprint density at radius 2 is 2.10 bits per heavy atom. The van der Waals surface area contributed by atoms with Crippen LogP contribution in [0.4, 0.5) is 0 Å². The molecule has 10 heavy (non-hydrogen) atoms. The molecule has 0 bridgehead atoms. The molecule has 1 nitrogen and oxygen atoms in total. The molecule has 0 rings (SSSR count). The van der Waals surface area contributed by atoms with Gasteiger partial charge in [-0.15, -0.1) is 0 Å². The van der Waals surface area contributed by atoms with Crippen molar-refractivity contribution in [3.8, 4) is 0 Å². The summed E-state index contributed by atoms with van der Waals surface area (Å²) in [5, 5.41) is 0. The fourth-order valence-corrected chi connectivity index (χ4v) is 0.748. The minimum Gasteiger partial charge on any atom is -0.402 e. The van der Waals surface area contributed by atoms with Crippen LogP contribution in [0, 0.1) is 5.92 Å². The van der Waals surface area contributed by atoms with E-state index in [1.165, 1.54) is 6.42 Å². The molecule has 0 aliphatic rings. The quantitative estimate of drug-likeness (QED) is 0.640. The van der Waals surface area contributed by atoms with E-state index in [9.17, 15) is 0 Å². The Morgan fingerprint density at radius 1 is 1.50 bits per heavy atom. The first-order valence-electron chi connectivity index (χ1n) is 4.17. The number of unbranched alkanes of at least 4 members (excludes halogenated alkanes) is 1. The van der Waals surface area contributed by atoms with Gasteiger partial charge in [-0.25, -0.2) is 0 Å². The van der Waals surface area contributed by atoms with Crippen molar-refractivity contribution in [3.05, 3.63) is 11.8 Å². The monoisotopic (exact) mass is 141 g/mol. The van der Waals surface area contributed by atoms with Crippen LogP contribution in [0.2, 0.25) is 0 Å². The zero-order valence-corrected chi connectivity index (χ0v) is 7.35. The van der Waals surface area contributed by atoms with E-state index in [4.69, 9.17) is 5.73 Å². The summed E-state index contributed by atoms with van der Waals surface area (Å²) in [4.78, 5) is 0. The molecular weight excluding hydrogens is 122 g/mol. The molecule has 0 aromatic rings. The van der Waals surface area contributed by atoms with Gasteiger partial charge in [-0.1, -0.05) is 33.3 Å². The van der Waals surface area contributed by atoms with Crippen molar-refractivity contribution in [2.24, 2.45) is 11.7 Å². The van der Waals surface area contributed by atoms with E-state index in [2.05, 4.69) is 26.8 Å². The van der Waals surface area contributed by atoms with E-state index in [1.54, 1.807) is 0 Å². The first kappa shape index (κ1) is 9.54. The molecule has 60 valence electrons. The third-order valence-corrected chi connectivity index (χ3v) is 1.85. The van der Waals surface area contributed by atoms with Crippen molar-refractivity contribution < 1.29 is 0 Å². The number of allylic oxidation sites excluding steroid dienone is 2. The average molecular weight is 141 g/mol. The largest absolute Gasteiger partial charge is 0.402 e. The highest BCUT2D eigenvalue weighted by Gasteiger charge is 1.99. The minimum atomic E-state index is 0.562. The van der Waals surface area contributed by atoms with Crippen LogP contribution in [0.5, 0.6) is 0 Å². The summed E-state index contributed by atoms with van der Waals surface area (Å²) >= 11 is 0. The van der Waals surface area contributed by atoms with E-state index in [-0.39, 0.29) is 0 Å². The van der Waals surface area contributed by atoms with Gasteiger partial charge in [-0.05, 0) is 18.8 Å². The van der Waals surface area contributed by atoms with Crippen LogP contribution in [0.1, 0.15) is 40.0 Å². The molecule has 0 saturated carbocycles. The number of hydrogen-bond donors (Lipinski definition) is 1. The number of nitrogens with two attached hydrogens (primary N) is 1. The van der Waals surface area contributed by atoms with Gasteiger partial charge in [0.2, 0.25) is 0 Å². The van der Waals surface area contributed by atoms with Gasteiger partial charge in [0.25, 0.3) is 0 Å². The highest BCUT2D eigenvalue weighted by atomic mass is 14.6. The molecule has 1 heteroatoms. The number of hydrogen-bond acceptors (Lipinski definition) is 1. The van der Waals surface area contributed by atoms with Crippen molar-refractivity contribution in [1.82, 2.24) is 0 Å². The zero-order chi connectivity index (χ0) is 7.98. The maximum absolute atomic E-state index is 5.77. The number of rotatable bonds is 4. The van der Waals surface area contributed by atoms with Crippen LogP contribution in [-0.2, 0) is 0 Å². The maximum atomic E-state index is 5.77. The molecule has 2 N–H and O–H groups in total. The predicted octanol–water partition coefficient (Wildman–Crippen LogP) is 2.68. The van der Waals surface area contributed by atoms with Gasteiger partial charge < -0.3 is 5.73 Å². The Hall–Kier alpha value is -0.460. The second-order valence-corrected chi connectivity index (χ2v) is 2.80. The normalized spacial score (nSPS) is 15.3. The van der Waals surface area contributed by atoms with E-state index >= 15 is 0 Å². The lowest BCUT2D eigenvalue weighted by molar-refractivity contribution is 0.642. The van der Waals surface area contributed by atoms with Gasteiger partial charge in [0.1, 0.15) is 0 Å². The summed E-state index contributed by atoms with van der Waals surface area (Å²) < 4.78 is 0. The second kappa shape index (κ2) is 5.33. The predicted molar refractivity (Wildman–Crippen MR) is 46.6 cm³/mol. The van der Waals surface area contributed by atoms with Crippen LogP contribution < -0.4 is 5.73 Å². The third-order valence-electron chi connectivity index (χ3n) is 1.85. The van der Waals surface area contributed by atoms with E-state index in [0.717, 1.165) is 18.5 Å². The van der Waals surface area contributed by atoms with Crippen molar-refractivity contribution in [2.75, 3.05) is 0 Å². The molecule has 0 heterocycles. The Labute approximate surface area is 64.3 Å². The van der Waals surface area contributed by atoms with E-state index in [1.807, 2.05) is 0 Å². The molecule has 0 aromatic carbocycles. The van der Waals surface area contributed by atoms with Crippen molar-refractivity contribution >= 4 is 0 Å². The van der Waals surface area contributed by atoms with Crippen molar-refractivity contribution in [2.45, 2.75) is 40.0 Å². The van der Waals surface area contributed by atoms with Crippen LogP contribution in [0.15, 0.2) is 11.8 Å². The Balaban J connectivity index is 3.67. The summed E-state index contributed by atoms with van der Waals surface area (Å²) in [6, 6.07) is 0. The lowest BCUT2D eigenvalue weighted by Gasteiger charge is -2.07. The Kier molecular flexibility index (Phi) is 5.09. The SMILES string of the molecule is CCC/C=C(\N)C(C)CC. The van der Waals surface area contributed by atoms with E-state index in [0.29, 0.717) is 5.92 Å². The minimum absolute atomic E-state index is 0.562. The average Bonchev–Trinajstić information content (AvgIpc) is 1.98. The molecule has 0 spiro atoms. The summed E-state index contributed by atoms with van der Waals surface area (Å²) in [5.41, 5.74) is 6.83. The van der Waals surface area contributed by atoms with Gasteiger partial charge in [-0.3, -0.25) is 0 Å². The van der Waals surface area contributed by atoms with Crippen LogP contribution in [0.25, 0.3) is 0 Å². The van der Waals surface area contributed by atoms with Crippen LogP contribution in [0.3, 0.4) is 0 Å². The van der Waals surface area contributed by atoms with E-state index < -0.39 is 0 Å². The highest BCUT2D eigenvalue weighted by molar-refractivity contribution is 4.99. The first-order chi connectivity index (χ1) is 4.72. The molecule has 0 saturated heterocycles. The molecule has 0 aromatic heterocycles. The molecule has 1 atom stereocenters. The van der Waals surface area contributed by atoms with Gasteiger partial charge in [0, 0.05) is 5.70 Å². The molecule has 0 radical (unpaired) electrons. The van der Waals surface area contributed by atoms with Crippen LogP contribution in [-0.4, -0.2) is 0 Å². The van der Waals surface area contributed by atoms with Gasteiger partial charge >= 0.3 is 0 Å².